The highest BCUT2D eigenvalue weighted by atomic mass is 16.5. The fourth-order valence-corrected chi connectivity index (χ4v) is 1.09. The van der Waals surface area contributed by atoms with Crippen LogP contribution in [0.3, 0.4) is 0 Å². The highest BCUT2D eigenvalue weighted by molar-refractivity contribution is 5.97. The largest absolute Gasteiger partial charge is 0.387 e. The molecule has 0 radical (unpaired) electrons. The van der Waals surface area contributed by atoms with E-state index in [4.69, 9.17) is 15.9 Å². The fraction of sp³-hybridized carbons (Fsp3) is 0.714. The first-order valence-electron chi connectivity index (χ1n) is 3.88. The number of nitrogens with two attached hydrogens (primary N) is 1. The molecule has 1 aliphatic heterocycles. The second-order valence-corrected chi connectivity index (χ2v) is 2.70. The summed E-state index contributed by atoms with van der Waals surface area (Å²) in [4.78, 5) is 12.9. The molecule has 0 aliphatic carbocycles. The van der Waals surface area contributed by atoms with Gasteiger partial charge in [0.25, 0.3) is 0 Å². The number of ether oxygens (including phenoxy) is 1. The third-order valence-corrected chi connectivity index (χ3v) is 1.71. The molecule has 1 rings (SSSR count). The first kappa shape index (κ1) is 8.99. The Bertz CT molecular complexity index is 187. The van der Waals surface area contributed by atoms with Gasteiger partial charge < -0.3 is 15.4 Å². The number of nitrogens with one attached hydrogen (secondary N) is 1. The van der Waals surface area contributed by atoms with Gasteiger partial charge in [-0.05, 0) is 0 Å². The van der Waals surface area contributed by atoms with Crippen molar-refractivity contribution in [2.75, 3.05) is 26.3 Å². The van der Waals surface area contributed by atoms with Crippen molar-refractivity contribution in [2.45, 2.75) is 6.42 Å². The van der Waals surface area contributed by atoms with Crippen molar-refractivity contribution in [3.05, 3.63) is 0 Å². The minimum absolute atomic E-state index is 0.0278. The highest BCUT2D eigenvalue weighted by Crippen LogP contribution is 1.99. The monoisotopic (exact) mass is 171 g/mol. The van der Waals surface area contributed by atoms with Gasteiger partial charge in [0.15, 0.2) is 0 Å². The van der Waals surface area contributed by atoms with Gasteiger partial charge in [0.05, 0.1) is 25.5 Å². The zero-order valence-corrected chi connectivity index (χ0v) is 6.88. The Hall–Kier alpha value is -1.10. The van der Waals surface area contributed by atoms with Gasteiger partial charge in [0.2, 0.25) is 5.91 Å². The van der Waals surface area contributed by atoms with Gasteiger partial charge in [0, 0.05) is 13.1 Å². The normalized spacial score (nSPS) is 17.5. The van der Waals surface area contributed by atoms with Crippen LogP contribution in [0.2, 0.25) is 0 Å². The van der Waals surface area contributed by atoms with E-state index in [1.807, 2.05) is 0 Å². The Balaban J connectivity index is 2.34. The lowest BCUT2D eigenvalue weighted by atomic mass is 10.3. The lowest BCUT2D eigenvalue weighted by Crippen LogP contribution is -2.42. The van der Waals surface area contributed by atoms with E-state index >= 15 is 0 Å². The van der Waals surface area contributed by atoms with E-state index in [0.29, 0.717) is 26.3 Å². The van der Waals surface area contributed by atoms with E-state index < -0.39 is 0 Å². The summed E-state index contributed by atoms with van der Waals surface area (Å²) in [6, 6.07) is 0. The maximum Gasteiger partial charge on any atom is 0.230 e. The quantitative estimate of drug-likeness (QED) is 0.420. The lowest BCUT2D eigenvalue weighted by Gasteiger charge is -2.26. The Kier molecular flexibility index (Phi) is 3.04. The number of carbonyl (C=O) groups excluding carboxylic acids is 1. The van der Waals surface area contributed by atoms with Gasteiger partial charge in [-0.3, -0.25) is 10.2 Å². The molecule has 3 N–H and O–H groups in total. The third kappa shape index (κ3) is 2.50. The number of amidine groups is 1. The average molecular weight is 171 g/mol. The molecule has 0 spiro atoms. The average Bonchev–Trinajstić information content (AvgIpc) is 2.05. The van der Waals surface area contributed by atoms with Crippen LogP contribution in [-0.4, -0.2) is 42.9 Å². The Morgan fingerprint density at radius 3 is 2.58 bits per heavy atom. The number of hydrogen-bond donors (Lipinski definition) is 2. The number of nitrogens with zero attached hydrogens (tertiary/aromatic N) is 1. The molecular weight excluding hydrogens is 158 g/mol. The fourth-order valence-electron chi connectivity index (χ4n) is 1.09. The van der Waals surface area contributed by atoms with Crippen LogP contribution in [0.5, 0.6) is 0 Å². The molecule has 1 heterocycles. The summed E-state index contributed by atoms with van der Waals surface area (Å²) in [5.74, 6) is -0.155. The van der Waals surface area contributed by atoms with Crippen LogP contribution in [0, 0.1) is 5.41 Å². The Morgan fingerprint density at radius 1 is 1.50 bits per heavy atom. The molecule has 0 unspecified atom stereocenters. The third-order valence-electron chi connectivity index (χ3n) is 1.71. The second-order valence-electron chi connectivity index (χ2n) is 2.70. The van der Waals surface area contributed by atoms with Crippen molar-refractivity contribution in [3.63, 3.8) is 0 Å². The van der Waals surface area contributed by atoms with Crippen LogP contribution in [-0.2, 0) is 9.53 Å². The molecule has 68 valence electrons. The van der Waals surface area contributed by atoms with Gasteiger partial charge >= 0.3 is 0 Å². The molecule has 1 aliphatic rings. The lowest BCUT2D eigenvalue weighted by molar-refractivity contribution is -0.133. The van der Waals surface area contributed by atoms with Crippen LogP contribution in [0.15, 0.2) is 0 Å². The van der Waals surface area contributed by atoms with Crippen molar-refractivity contribution < 1.29 is 9.53 Å². The van der Waals surface area contributed by atoms with Crippen LogP contribution in [0.1, 0.15) is 6.42 Å². The van der Waals surface area contributed by atoms with Crippen LogP contribution < -0.4 is 5.73 Å². The topological polar surface area (TPSA) is 79.4 Å². The molecule has 5 heteroatoms. The minimum atomic E-state index is -0.0780. The number of hydrogen-bond acceptors (Lipinski definition) is 3. The van der Waals surface area contributed by atoms with E-state index in [1.165, 1.54) is 0 Å². The summed E-state index contributed by atoms with van der Waals surface area (Å²) in [6.07, 6.45) is 0.0278. The van der Waals surface area contributed by atoms with Gasteiger partial charge in [-0.1, -0.05) is 0 Å². The molecule has 0 saturated carbocycles. The van der Waals surface area contributed by atoms with Crippen molar-refractivity contribution in [2.24, 2.45) is 5.73 Å². The van der Waals surface area contributed by atoms with E-state index in [-0.39, 0.29) is 18.2 Å². The summed E-state index contributed by atoms with van der Waals surface area (Å²) in [5, 5.41) is 6.94. The second kappa shape index (κ2) is 4.06. The predicted octanol–water partition coefficient (Wildman–Crippen LogP) is -0.829. The minimum Gasteiger partial charge on any atom is -0.387 e. The molecule has 1 saturated heterocycles. The molecule has 5 nitrogen and oxygen atoms in total. The Labute approximate surface area is 71.0 Å². The first-order valence-corrected chi connectivity index (χ1v) is 3.88. The maximum atomic E-state index is 11.3. The van der Waals surface area contributed by atoms with Crippen molar-refractivity contribution in [1.82, 2.24) is 4.90 Å². The molecule has 0 aromatic carbocycles. The number of rotatable bonds is 2. The molecule has 0 aromatic heterocycles. The number of carbonyl (C=O) groups is 1. The highest BCUT2D eigenvalue weighted by Gasteiger charge is 2.16. The molecular formula is C7H13N3O2. The maximum absolute atomic E-state index is 11.3. The molecule has 0 atom stereocenters. The predicted molar refractivity (Wildman–Crippen MR) is 43.9 cm³/mol. The van der Waals surface area contributed by atoms with Crippen LogP contribution in [0.4, 0.5) is 0 Å². The molecule has 12 heavy (non-hydrogen) atoms. The molecule has 1 amide bonds. The molecule has 1 fully saturated rings. The molecule has 0 aromatic rings. The van der Waals surface area contributed by atoms with Crippen LogP contribution in [0.25, 0.3) is 0 Å². The smallest absolute Gasteiger partial charge is 0.230 e. The van der Waals surface area contributed by atoms with Crippen LogP contribution >= 0.6 is 0 Å². The Morgan fingerprint density at radius 2 is 2.08 bits per heavy atom. The SMILES string of the molecule is N=C(N)CC(=O)N1CCOCC1. The van der Waals surface area contributed by atoms with Gasteiger partial charge in [-0.25, -0.2) is 0 Å². The van der Waals surface area contributed by atoms with E-state index in [9.17, 15) is 4.79 Å². The van der Waals surface area contributed by atoms with Gasteiger partial charge in [-0.2, -0.15) is 0 Å². The standard InChI is InChI=1S/C7H13N3O2/c8-6(9)5-7(11)10-1-3-12-4-2-10/h1-5H2,(H3,8,9). The summed E-state index contributed by atoms with van der Waals surface area (Å²) < 4.78 is 5.08. The zero-order valence-electron chi connectivity index (χ0n) is 6.88. The summed E-state index contributed by atoms with van der Waals surface area (Å²) in [7, 11) is 0. The van der Waals surface area contributed by atoms with E-state index in [0.717, 1.165) is 0 Å². The van der Waals surface area contributed by atoms with Gasteiger partial charge in [-0.15, -0.1) is 0 Å². The number of amides is 1. The molecule has 0 bridgehead atoms. The first-order chi connectivity index (χ1) is 5.70. The summed E-state index contributed by atoms with van der Waals surface area (Å²) in [6.45, 7) is 2.41. The van der Waals surface area contributed by atoms with Crippen molar-refractivity contribution >= 4 is 11.7 Å². The zero-order chi connectivity index (χ0) is 8.97. The van der Waals surface area contributed by atoms with Gasteiger partial charge in [0.1, 0.15) is 0 Å². The van der Waals surface area contributed by atoms with Crippen molar-refractivity contribution in [3.8, 4) is 0 Å². The summed E-state index contributed by atoms with van der Waals surface area (Å²) >= 11 is 0. The van der Waals surface area contributed by atoms with E-state index in [2.05, 4.69) is 0 Å². The summed E-state index contributed by atoms with van der Waals surface area (Å²) in [5.41, 5.74) is 5.10. The number of morpholine rings is 1. The van der Waals surface area contributed by atoms with Crippen molar-refractivity contribution in [1.29, 1.82) is 5.41 Å². The van der Waals surface area contributed by atoms with E-state index in [1.54, 1.807) is 4.90 Å².